The Balaban J connectivity index is 1.94. The van der Waals surface area contributed by atoms with E-state index in [4.69, 9.17) is 10.7 Å². The average molecular weight is 261 g/mol. The van der Waals surface area contributed by atoms with Gasteiger partial charge in [-0.25, -0.2) is 4.98 Å². The van der Waals surface area contributed by atoms with Crippen molar-refractivity contribution in [2.45, 2.75) is 77.2 Å². The Morgan fingerprint density at radius 2 is 1.74 bits per heavy atom. The number of anilines is 1. The summed E-state index contributed by atoms with van der Waals surface area (Å²) in [5.41, 5.74) is 7.65. The Kier molecular flexibility index (Phi) is 3.55. The summed E-state index contributed by atoms with van der Waals surface area (Å²) < 4.78 is 2.34. The molecule has 2 aliphatic carbocycles. The van der Waals surface area contributed by atoms with Crippen molar-refractivity contribution < 1.29 is 0 Å². The first-order valence-corrected chi connectivity index (χ1v) is 8.02. The van der Waals surface area contributed by atoms with Crippen LogP contribution in [0.5, 0.6) is 0 Å². The minimum Gasteiger partial charge on any atom is -0.384 e. The number of aromatic nitrogens is 2. The molecule has 0 spiro atoms. The number of hydrogen-bond acceptors (Lipinski definition) is 2. The molecule has 2 fully saturated rings. The van der Waals surface area contributed by atoms with Gasteiger partial charge in [0.2, 0.25) is 0 Å². The molecular weight excluding hydrogens is 234 g/mol. The molecule has 0 saturated heterocycles. The Morgan fingerprint density at radius 1 is 1.11 bits per heavy atom. The van der Waals surface area contributed by atoms with E-state index >= 15 is 0 Å². The fraction of sp³-hybridized carbons (Fsp3) is 0.812. The predicted molar refractivity (Wildman–Crippen MR) is 79.3 cm³/mol. The van der Waals surface area contributed by atoms with E-state index in [-0.39, 0.29) is 0 Å². The Hall–Kier alpha value is -0.990. The maximum absolute atomic E-state index is 6.43. The van der Waals surface area contributed by atoms with Gasteiger partial charge in [-0.05, 0) is 31.6 Å². The number of nitrogen functional groups attached to an aromatic ring is 1. The zero-order chi connectivity index (χ0) is 13.4. The monoisotopic (exact) mass is 261 g/mol. The van der Waals surface area contributed by atoms with E-state index in [1.54, 1.807) is 0 Å². The van der Waals surface area contributed by atoms with E-state index in [0.29, 0.717) is 17.8 Å². The highest BCUT2D eigenvalue weighted by molar-refractivity contribution is 5.42. The number of rotatable bonds is 4. The molecule has 19 heavy (non-hydrogen) atoms. The molecule has 3 rings (SSSR count). The van der Waals surface area contributed by atoms with Gasteiger partial charge in [-0.3, -0.25) is 0 Å². The van der Waals surface area contributed by atoms with Crippen LogP contribution in [-0.4, -0.2) is 9.55 Å². The van der Waals surface area contributed by atoms with E-state index in [0.717, 1.165) is 12.4 Å². The lowest BCUT2D eigenvalue weighted by Crippen LogP contribution is -2.14. The van der Waals surface area contributed by atoms with Crippen LogP contribution in [0, 0.1) is 5.92 Å². The number of imidazole rings is 1. The van der Waals surface area contributed by atoms with Crippen molar-refractivity contribution in [3.63, 3.8) is 0 Å². The summed E-state index contributed by atoms with van der Waals surface area (Å²) in [6, 6.07) is 0. The minimum absolute atomic E-state index is 0.630. The van der Waals surface area contributed by atoms with Crippen molar-refractivity contribution >= 4 is 5.82 Å². The third-order valence-electron chi connectivity index (χ3n) is 4.82. The van der Waals surface area contributed by atoms with Crippen LogP contribution >= 0.6 is 0 Å². The molecule has 0 atom stereocenters. The van der Waals surface area contributed by atoms with E-state index in [9.17, 15) is 0 Å². The van der Waals surface area contributed by atoms with Crippen molar-refractivity contribution in [1.29, 1.82) is 0 Å². The van der Waals surface area contributed by atoms with E-state index in [1.807, 2.05) is 0 Å². The number of hydrogen-bond donors (Lipinski definition) is 1. The number of nitrogens with two attached hydrogens (primary N) is 1. The maximum atomic E-state index is 6.43. The van der Waals surface area contributed by atoms with Gasteiger partial charge >= 0.3 is 0 Å². The Labute approximate surface area is 116 Å². The fourth-order valence-corrected chi connectivity index (χ4v) is 3.54. The molecule has 0 aromatic carbocycles. The smallest absolute Gasteiger partial charge is 0.127 e. The van der Waals surface area contributed by atoms with Crippen LogP contribution in [0.1, 0.15) is 82.1 Å². The molecular formula is C16H27N3. The van der Waals surface area contributed by atoms with Gasteiger partial charge in [-0.15, -0.1) is 0 Å². The molecule has 3 heteroatoms. The molecule has 0 radical (unpaired) electrons. The third kappa shape index (κ3) is 2.39. The van der Waals surface area contributed by atoms with Crippen LogP contribution in [0.25, 0.3) is 0 Å². The Bertz CT molecular complexity index is 437. The quantitative estimate of drug-likeness (QED) is 0.888. The molecule has 2 aliphatic rings. The summed E-state index contributed by atoms with van der Waals surface area (Å²) in [5, 5.41) is 0. The molecule has 2 N–H and O–H groups in total. The molecule has 0 amide bonds. The fourth-order valence-electron chi connectivity index (χ4n) is 3.54. The van der Waals surface area contributed by atoms with Crippen LogP contribution in [0.3, 0.4) is 0 Å². The van der Waals surface area contributed by atoms with Crippen LogP contribution in [-0.2, 0) is 6.54 Å². The first kappa shape index (κ1) is 13.0. The van der Waals surface area contributed by atoms with Gasteiger partial charge in [0.05, 0.1) is 5.69 Å². The summed E-state index contributed by atoms with van der Waals surface area (Å²) in [6.45, 7) is 5.55. The molecule has 0 aliphatic heterocycles. The zero-order valence-electron chi connectivity index (χ0n) is 12.4. The molecule has 0 bridgehead atoms. The van der Waals surface area contributed by atoms with Crippen molar-refractivity contribution in [3.8, 4) is 0 Å². The highest BCUT2D eigenvalue weighted by Crippen LogP contribution is 2.42. The van der Waals surface area contributed by atoms with Crippen LogP contribution in [0.4, 0.5) is 5.82 Å². The second-order valence-electron chi connectivity index (χ2n) is 6.85. The van der Waals surface area contributed by atoms with Crippen molar-refractivity contribution in [2.24, 2.45) is 5.92 Å². The molecule has 3 nitrogen and oxygen atoms in total. The van der Waals surface area contributed by atoms with Gasteiger partial charge in [0, 0.05) is 18.4 Å². The van der Waals surface area contributed by atoms with Gasteiger partial charge in [-0.1, -0.05) is 33.1 Å². The lowest BCUT2D eigenvalue weighted by Gasteiger charge is -2.24. The molecule has 106 valence electrons. The molecule has 1 aromatic heterocycles. The highest BCUT2D eigenvalue weighted by atomic mass is 15.2. The van der Waals surface area contributed by atoms with Gasteiger partial charge < -0.3 is 10.3 Å². The maximum Gasteiger partial charge on any atom is 0.127 e. The summed E-state index contributed by atoms with van der Waals surface area (Å²) in [5.74, 6) is 4.21. The van der Waals surface area contributed by atoms with Crippen LogP contribution in [0.15, 0.2) is 0 Å². The van der Waals surface area contributed by atoms with E-state index in [2.05, 4.69) is 18.4 Å². The SMILES string of the molecule is CC(C)Cn1c(C2CCCC2)nc(C2CCC2)c1N. The predicted octanol–water partition coefficient (Wildman–Crippen LogP) is 4.05. The van der Waals surface area contributed by atoms with E-state index < -0.39 is 0 Å². The van der Waals surface area contributed by atoms with Gasteiger partial charge in [0.15, 0.2) is 0 Å². The minimum atomic E-state index is 0.630. The van der Waals surface area contributed by atoms with Gasteiger partial charge in [0.1, 0.15) is 11.6 Å². The highest BCUT2D eigenvalue weighted by Gasteiger charge is 2.30. The van der Waals surface area contributed by atoms with Crippen LogP contribution in [0.2, 0.25) is 0 Å². The summed E-state index contributed by atoms with van der Waals surface area (Å²) in [7, 11) is 0. The van der Waals surface area contributed by atoms with Crippen molar-refractivity contribution in [2.75, 3.05) is 5.73 Å². The number of nitrogens with zero attached hydrogens (tertiary/aromatic N) is 2. The van der Waals surface area contributed by atoms with Crippen molar-refractivity contribution in [3.05, 3.63) is 11.5 Å². The molecule has 1 aromatic rings. The third-order valence-corrected chi connectivity index (χ3v) is 4.82. The molecule has 2 saturated carbocycles. The molecule has 1 heterocycles. The second kappa shape index (κ2) is 5.18. The standard InChI is InChI=1S/C16H27N3/c1-11(2)10-19-15(17)14(12-8-5-9-12)18-16(19)13-6-3-4-7-13/h11-13H,3-10,17H2,1-2H3. The van der Waals surface area contributed by atoms with Crippen LogP contribution < -0.4 is 5.73 Å². The van der Waals surface area contributed by atoms with Gasteiger partial charge in [0.25, 0.3) is 0 Å². The van der Waals surface area contributed by atoms with Gasteiger partial charge in [-0.2, -0.15) is 0 Å². The van der Waals surface area contributed by atoms with Crippen molar-refractivity contribution in [1.82, 2.24) is 9.55 Å². The normalized spacial score (nSPS) is 21.2. The molecule has 0 unspecified atom stereocenters. The summed E-state index contributed by atoms with van der Waals surface area (Å²) >= 11 is 0. The largest absolute Gasteiger partial charge is 0.384 e. The summed E-state index contributed by atoms with van der Waals surface area (Å²) in [6.07, 6.45) is 9.24. The summed E-state index contributed by atoms with van der Waals surface area (Å²) in [4.78, 5) is 5.00. The lowest BCUT2D eigenvalue weighted by molar-refractivity contribution is 0.412. The zero-order valence-corrected chi connectivity index (χ0v) is 12.4. The lowest BCUT2D eigenvalue weighted by atomic mass is 9.83. The first-order chi connectivity index (χ1) is 9.16. The second-order valence-corrected chi connectivity index (χ2v) is 6.85. The topological polar surface area (TPSA) is 43.8 Å². The Morgan fingerprint density at radius 3 is 2.26 bits per heavy atom. The average Bonchev–Trinajstić information content (AvgIpc) is 2.89. The van der Waals surface area contributed by atoms with E-state index in [1.165, 1.54) is 56.5 Å². The first-order valence-electron chi connectivity index (χ1n) is 8.02.